The van der Waals surface area contributed by atoms with Gasteiger partial charge in [-0.25, -0.2) is 0 Å². The molecule has 0 atom stereocenters. The van der Waals surface area contributed by atoms with Crippen molar-refractivity contribution in [3.63, 3.8) is 0 Å². The molecule has 2 bridgehead atoms. The summed E-state index contributed by atoms with van der Waals surface area (Å²) in [4.78, 5) is 0. The Morgan fingerprint density at radius 1 is 1.10 bits per heavy atom. The number of hydrogen-bond acceptors (Lipinski definition) is 0. The Morgan fingerprint density at radius 3 is 1.90 bits per heavy atom. The van der Waals surface area contributed by atoms with Crippen molar-refractivity contribution >= 4 is 15.9 Å². The molecule has 3 saturated carbocycles. The van der Waals surface area contributed by atoms with Crippen molar-refractivity contribution in [2.45, 2.75) is 38.5 Å². The normalized spacial score (nSPS) is 45.9. The summed E-state index contributed by atoms with van der Waals surface area (Å²) in [5.74, 6) is 1.11. The largest absolute Gasteiger partial charge is 0.0922 e. The highest BCUT2D eigenvalue weighted by Crippen LogP contribution is 2.50. The monoisotopic (exact) mass is 202 g/mol. The summed E-state index contributed by atoms with van der Waals surface area (Å²) in [6.45, 7) is 0. The van der Waals surface area contributed by atoms with Gasteiger partial charge in [0, 0.05) is 5.33 Å². The van der Waals surface area contributed by atoms with Gasteiger partial charge >= 0.3 is 0 Å². The summed E-state index contributed by atoms with van der Waals surface area (Å²) in [5.41, 5.74) is 0.745. The van der Waals surface area contributed by atoms with Crippen LogP contribution in [0.25, 0.3) is 0 Å². The van der Waals surface area contributed by atoms with Crippen molar-refractivity contribution < 1.29 is 0 Å². The van der Waals surface area contributed by atoms with Gasteiger partial charge in [-0.1, -0.05) is 15.9 Å². The number of rotatable bonds is 1. The molecule has 3 rings (SSSR count). The SMILES string of the molecule is BrCC12CCC(CC1)CC2. The summed E-state index contributed by atoms with van der Waals surface area (Å²) in [5, 5.41) is 1.26. The standard InChI is InChI=1S/C9H15Br/c10-7-9-4-1-8(2-5-9)3-6-9/h8H,1-7H2. The fourth-order valence-corrected chi connectivity index (χ4v) is 3.38. The molecule has 0 amide bonds. The molecule has 0 heterocycles. The first-order chi connectivity index (χ1) is 4.85. The molecule has 3 aliphatic rings. The van der Waals surface area contributed by atoms with Crippen LogP contribution in [0.15, 0.2) is 0 Å². The van der Waals surface area contributed by atoms with Gasteiger partial charge in [0.2, 0.25) is 0 Å². The molecular weight excluding hydrogens is 188 g/mol. The minimum Gasteiger partial charge on any atom is -0.0922 e. The Morgan fingerprint density at radius 2 is 1.60 bits per heavy atom. The fraction of sp³-hybridized carbons (Fsp3) is 1.00. The fourth-order valence-electron chi connectivity index (χ4n) is 2.54. The molecule has 0 radical (unpaired) electrons. The lowest BCUT2D eigenvalue weighted by molar-refractivity contribution is 0.0889. The molecule has 1 heteroatoms. The van der Waals surface area contributed by atoms with Crippen molar-refractivity contribution in [2.75, 3.05) is 5.33 Å². The van der Waals surface area contributed by atoms with Crippen molar-refractivity contribution in [2.24, 2.45) is 11.3 Å². The third-order valence-electron chi connectivity index (χ3n) is 3.53. The highest BCUT2D eigenvalue weighted by atomic mass is 79.9. The van der Waals surface area contributed by atoms with E-state index >= 15 is 0 Å². The maximum atomic E-state index is 3.65. The van der Waals surface area contributed by atoms with E-state index in [1.165, 1.54) is 43.9 Å². The minimum absolute atomic E-state index is 0.745. The maximum absolute atomic E-state index is 3.65. The van der Waals surface area contributed by atoms with Gasteiger partial charge in [-0.2, -0.15) is 0 Å². The van der Waals surface area contributed by atoms with Crippen LogP contribution in [0.5, 0.6) is 0 Å². The second-order valence-electron chi connectivity index (χ2n) is 4.12. The zero-order chi connectivity index (χ0) is 7.03. The van der Waals surface area contributed by atoms with Crippen LogP contribution in [-0.4, -0.2) is 5.33 Å². The van der Waals surface area contributed by atoms with E-state index in [9.17, 15) is 0 Å². The van der Waals surface area contributed by atoms with Gasteiger partial charge in [0.1, 0.15) is 0 Å². The zero-order valence-electron chi connectivity index (χ0n) is 6.41. The van der Waals surface area contributed by atoms with Gasteiger partial charge in [0.25, 0.3) is 0 Å². The lowest BCUT2D eigenvalue weighted by Gasteiger charge is -2.45. The van der Waals surface area contributed by atoms with E-state index in [2.05, 4.69) is 15.9 Å². The Bertz CT molecular complexity index is 109. The van der Waals surface area contributed by atoms with E-state index in [1.54, 1.807) is 0 Å². The first kappa shape index (κ1) is 7.15. The lowest BCUT2D eigenvalue weighted by Crippen LogP contribution is -2.35. The van der Waals surface area contributed by atoms with Gasteiger partial charge in [-0.05, 0) is 49.9 Å². The molecule has 0 saturated heterocycles. The smallest absolute Gasteiger partial charge is 0.00879 e. The highest BCUT2D eigenvalue weighted by molar-refractivity contribution is 9.09. The van der Waals surface area contributed by atoms with Crippen LogP contribution < -0.4 is 0 Å². The molecule has 0 N–H and O–H groups in total. The predicted molar refractivity (Wildman–Crippen MR) is 47.4 cm³/mol. The molecule has 3 aliphatic carbocycles. The molecule has 0 spiro atoms. The third kappa shape index (κ3) is 1.03. The van der Waals surface area contributed by atoms with Gasteiger partial charge < -0.3 is 0 Å². The Balaban J connectivity index is 2.08. The van der Waals surface area contributed by atoms with Crippen LogP contribution in [0.2, 0.25) is 0 Å². The maximum Gasteiger partial charge on any atom is 0.00879 e. The summed E-state index contributed by atoms with van der Waals surface area (Å²) in [6, 6.07) is 0. The number of halogens is 1. The molecule has 0 aromatic rings. The zero-order valence-corrected chi connectivity index (χ0v) is 7.99. The minimum atomic E-state index is 0.745. The van der Waals surface area contributed by atoms with E-state index in [0.29, 0.717) is 0 Å². The number of fused-ring (bicyclic) bond motifs is 3. The predicted octanol–water partition coefficient (Wildman–Crippen LogP) is 3.35. The van der Waals surface area contributed by atoms with Crippen LogP contribution in [0.4, 0.5) is 0 Å². The van der Waals surface area contributed by atoms with E-state index in [4.69, 9.17) is 0 Å². The molecule has 0 unspecified atom stereocenters. The molecule has 58 valence electrons. The Kier molecular flexibility index (Phi) is 1.79. The van der Waals surface area contributed by atoms with Gasteiger partial charge in [0.05, 0.1) is 0 Å². The van der Waals surface area contributed by atoms with Gasteiger partial charge in [-0.15, -0.1) is 0 Å². The van der Waals surface area contributed by atoms with Crippen LogP contribution in [0.1, 0.15) is 38.5 Å². The van der Waals surface area contributed by atoms with E-state index in [-0.39, 0.29) is 0 Å². The summed E-state index contributed by atoms with van der Waals surface area (Å²) in [7, 11) is 0. The van der Waals surface area contributed by atoms with E-state index in [1.807, 2.05) is 0 Å². The van der Waals surface area contributed by atoms with Crippen molar-refractivity contribution in [3.05, 3.63) is 0 Å². The van der Waals surface area contributed by atoms with Gasteiger partial charge in [-0.3, -0.25) is 0 Å². The van der Waals surface area contributed by atoms with Crippen LogP contribution in [0.3, 0.4) is 0 Å². The summed E-state index contributed by atoms with van der Waals surface area (Å²) >= 11 is 3.65. The lowest BCUT2D eigenvalue weighted by atomic mass is 9.62. The summed E-state index contributed by atoms with van der Waals surface area (Å²) < 4.78 is 0. The van der Waals surface area contributed by atoms with E-state index < -0.39 is 0 Å². The quantitative estimate of drug-likeness (QED) is 0.573. The average Bonchev–Trinajstić information content (AvgIpc) is 2.08. The van der Waals surface area contributed by atoms with E-state index in [0.717, 1.165) is 11.3 Å². The number of hydrogen-bond donors (Lipinski definition) is 0. The first-order valence-electron chi connectivity index (χ1n) is 4.41. The molecule has 0 aliphatic heterocycles. The molecule has 0 aromatic carbocycles. The second-order valence-corrected chi connectivity index (χ2v) is 4.68. The van der Waals surface area contributed by atoms with Crippen molar-refractivity contribution in [1.29, 1.82) is 0 Å². The Hall–Kier alpha value is 0.480. The van der Waals surface area contributed by atoms with Crippen LogP contribution in [0, 0.1) is 11.3 Å². The van der Waals surface area contributed by atoms with Crippen LogP contribution in [-0.2, 0) is 0 Å². The average molecular weight is 203 g/mol. The molecule has 0 aromatic heterocycles. The molecular formula is C9H15Br. The number of alkyl halides is 1. The molecule has 0 nitrogen and oxygen atoms in total. The van der Waals surface area contributed by atoms with Crippen molar-refractivity contribution in [1.82, 2.24) is 0 Å². The highest BCUT2D eigenvalue weighted by Gasteiger charge is 2.39. The van der Waals surface area contributed by atoms with Crippen LogP contribution >= 0.6 is 15.9 Å². The Labute approximate surface area is 71.5 Å². The molecule has 3 fully saturated rings. The first-order valence-corrected chi connectivity index (χ1v) is 5.53. The third-order valence-corrected chi connectivity index (χ3v) is 4.72. The molecule has 10 heavy (non-hydrogen) atoms. The van der Waals surface area contributed by atoms with Crippen molar-refractivity contribution in [3.8, 4) is 0 Å². The van der Waals surface area contributed by atoms with Gasteiger partial charge in [0.15, 0.2) is 0 Å². The summed E-state index contributed by atoms with van der Waals surface area (Å²) in [6.07, 6.45) is 9.07. The topological polar surface area (TPSA) is 0 Å². The second kappa shape index (κ2) is 2.51.